The Morgan fingerprint density at radius 2 is 1.79 bits per heavy atom. The number of likely N-dealkylation sites (tertiary alicyclic amines) is 1. The Balaban J connectivity index is 1.35. The second-order valence-electron chi connectivity index (χ2n) is 8.98. The first-order valence-electron chi connectivity index (χ1n) is 11.4. The van der Waals surface area contributed by atoms with Crippen LogP contribution in [0, 0.1) is 0 Å². The van der Waals surface area contributed by atoms with Crippen LogP contribution in [-0.4, -0.2) is 90.5 Å². The van der Waals surface area contributed by atoms with E-state index in [1.807, 2.05) is 6.07 Å². The summed E-state index contributed by atoms with van der Waals surface area (Å²) in [5, 5.41) is 9.67. The molecule has 0 bridgehead atoms. The van der Waals surface area contributed by atoms with E-state index >= 15 is 0 Å². The normalized spacial score (nSPS) is 24.9. The lowest BCUT2D eigenvalue weighted by Crippen LogP contribution is -2.58. The van der Waals surface area contributed by atoms with Crippen molar-refractivity contribution in [1.82, 2.24) is 14.7 Å². The van der Waals surface area contributed by atoms with Crippen LogP contribution in [0.3, 0.4) is 0 Å². The van der Waals surface area contributed by atoms with Gasteiger partial charge in [-0.15, -0.1) is 0 Å². The monoisotopic (exact) mass is 403 g/mol. The Morgan fingerprint density at radius 3 is 2.52 bits per heavy atom. The zero-order valence-corrected chi connectivity index (χ0v) is 18.1. The molecule has 0 radical (unpaired) electrons. The Bertz CT molecular complexity index is 661. The first-order chi connectivity index (χ1) is 14.1. The van der Waals surface area contributed by atoms with E-state index in [-0.39, 0.29) is 6.61 Å². The van der Waals surface area contributed by atoms with Gasteiger partial charge < -0.3 is 19.5 Å². The molecule has 1 atom stereocenters. The minimum Gasteiger partial charge on any atom is -0.486 e. The van der Waals surface area contributed by atoms with Gasteiger partial charge in [-0.1, -0.05) is 6.07 Å². The average Bonchev–Trinajstić information content (AvgIpc) is 2.74. The third-order valence-corrected chi connectivity index (χ3v) is 6.79. The second kappa shape index (κ2) is 9.65. The lowest BCUT2D eigenvalue weighted by atomic mass is 9.97. The first kappa shape index (κ1) is 20.9. The predicted octanol–water partition coefficient (Wildman–Crippen LogP) is 2.20. The third-order valence-electron chi connectivity index (χ3n) is 6.79. The number of nitrogens with zero attached hydrogens (tertiary/aromatic N) is 3. The fourth-order valence-corrected chi connectivity index (χ4v) is 5.14. The van der Waals surface area contributed by atoms with Crippen LogP contribution in [0.2, 0.25) is 0 Å². The number of piperidine rings is 1. The molecule has 0 spiro atoms. The number of ether oxygens (including phenoxy) is 2. The van der Waals surface area contributed by atoms with E-state index in [1.165, 1.54) is 31.5 Å². The molecule has 0 amide bonds. The SMILES string of the molecule is CC(C)N1CCC(N2CCN(Cc3ccc4c(c3)OCCO4)CC2CCO)CC1. The maximum absolute atomic E-state index is 9.67. The van der Waals surface area contributed by atoms with E-state index in [4.69, 9.17) is 9.47 Å². The maximum Gasteiger partial charge on any atom is 0.161 e. The van der Waals surface area contributed by atoms with Gasteiger partial charge in [0.15, 0.2) is 11.5 Å². The smallest absolute Gasteiger partial charge is 0.161 e. The van der Waals surface area contributed by atoms with Crippen LogP contribution in [-0.2, 0) is 6.54 Å². The van der Waals surface area contributed by atoms with E-state index in [1.54, 1.807) is 0 Å². The topological polar surface area (TPSA) is 48.4 Å². The van der Waals surface area contributed by atoms with Crippen molar-refractivity contribution in [2.24, 2.45) is 0 Å². The molecule has 0 saturated carbocycles. The molecule has 3 aliphatic heterocycles. The summed E-state index contributed by atoms with van der Waals surface area (Å²) in [6.45, 7) is 12.7. The second-order valence-corrected chi connectivity index (χ2v) is 8.98. The molecule has 0 aliphatic carbocycles. The van der Waals surface area contributed by atoms with Crippen molar-refractivity contribution >= 4 is 0 Å². The summed E-state index contributed by atoms with van der Waals surface area (Å²) < 4.78 is 11.4. The minimum atomic E-state index is 0.268. The van der Waals surface area contributed by atoms with Gasteiger partial charge in [0, 0.05) is 50.9 Å². The molecule has 3 aliphatic rings. The van der Waals surface area contributed by atoms with Crippen molar-refractivity contribution in [2.45, 2.75) is 57.8 Å². The summed E-state index contributed by atoms with van der Waals surface area (Å²) in [5.74, 6) is 1.73. The van der Waals surface area contributed by atoms with E-state index in [0.717, 1.165) is 44.1 Å². The largest absolute Gasteiger partial charge is 0.486 e. The molecule has 4 rings (SSSR count). The van der Waals surface area contributed by atoms with Crippen LogP contribution >= 0.6 is 0 Å². The Morgan fingerprint density at radius 1 is 1.03 bits per heavy atom. The van der Waals surface area contributed by atoms with E-state index in [0.29, 0.717) is 31.3 Å². The molecule has 2 saturated heterocycles. The number of rotatable bonds is 6. The molecular formula is C23H37N3O3. The highest BCUT2D eigenvalue weighted by molar-refractivity contribution is 5.43. The predicted molar refractivity (Wildman–Crippen MR) is 115 cm³/mol. The Hall–Kier alpha value is -1.34. The molecule has 162 valence electrons. The van der Waals surface area contributed by atoms with Gasteiger partial charge >= 0.3 is 0 Å². The summed E-state index contributed by atoms with van der Waals surface area (Å²) >= 11 is 0. The van der Waals surface area contributed by atoms with Crippen molar-refractivity contribution in [3.05, 3.63) is 23.8 Å². The number of piperazine rings is 1. The van der Waals surface area contributed by atoms with Crippen molar-refractivity contribution in [3.8, 4) is 11.5 Å². The number of aliphatic hydroxyl groups excluding tert-OH is 1. The third kappa shape index (κ3) is 5.05. The molecule has 1 N–H and O–H groups in total. The van der Waals surface area contributed by atoms with Gasteiger partial charge in [0.1, 0.15) is 13.2 Å². The molecular weight excluding hydrogens is 366 g/mol. The van der Waals surface area contributed by atoms with E-state index in [9.17, 15) is 5.11 Å². The van der Waals surface area contributed by atoms with Crippen molar-refractivity contribution < 1.29 is 14.6 Å². The van der Waals surface area contributed by atoms with Gasteiger partial charge in [-0.2, -0.15) is 0 Å². The summed E-state index contributed by atoms with van der Waals surface area (Å²) in [4.78, 5) is 7.83. The summed E-state index contributed by atoms with van der Waals surface area (Å²) in [5.41, 5.74) is 1.27. The number of hydrogen-bond acceptors (Lipinski definition) is 6. The number of fused-ring (bicyclic) bond motifs is 1. The van der Waals surface area contributed by atoms with Crippen molar-refractivity contribution in [3.63, 3.8) is 0 Å². The maximum atomic E-state index is 9.67. The highest BCUT2D eigenvalue weighted by Gasteiger charge is 2.33. The molecule has 0 aromatic heterocycles. The molecule has 2 fully saturated rings. The van der Waals surface area contributed by atoms with Crippen molar-refractivity contribution in [2.75, 3.05) is 52.5 Å². The summed E-state index contributed by atoms with van der Waals surface area (Å²) in [7, 11) is 0. The molecule has 6 nitrogen and oxygen atoms in total. The molecule has 1 aromatic rings. The fraction of sp³-hybridized carbons (Fsp3) is 0.739. The van der Waals surface area contributed by atoms with Gasteiger partial charge in [-0.25, -0.2) is 0 Å². The molecule has 29 heavy (non-hydrogen) atoms. The Kier molecular flexibility index (Phi) is 6.96. The van der Waals surface area contributed by atoms with Crippen LogP contribution in [0.1, 0.15) is 38.7 Å². The zero-order chi connectivity index (χ0) is 20.2. The molecule has 1 unspecified atom stereocenters. The minimum absolute atomic E-state index is 0.268. The average molecular weight is 404 g/mol. The Labute approximate surface area is 175 Å². The van der Waals surface area contributed by atoms with Gasteiger partial charge in [-0.05, 0) is 63.9 Å². The zero-order valence-electron chi connectivity index (χ0n) is 18.1. The lowest BCUT2D eigenvalue weighted by Gasteiger charge is -2.48. The fourth-order valence-electron chi connectivity index (χ4n) is 5.14. The van der Waals surface area contributed by atoms with Gasteiger partial charge in [0.2, 0.25) is 0 Å². The standard InChI is InChI=1S/C23H37N3O3/c1-18(2)25-8-5-20(6-9-25)26-11-10-24(17-21(26)7-12-27)16-19-3-4-22-23(15-19)29-14-13-28-22/h3-4,15,18,20-21,27H,5-14,16-17H2,1-2H3. The van der Waals surface area contributed by atoms with Gasteiger partial charge in [0.25, 0.3) is 0 Å². The van der Waals surface area contributed by atoms with E-state index < -0.39 is 0 Å². The van der Waals surface area contributed by atoms with Crippen LogP contribution in [0.25, 0.3) is 0 Å². The number of hydrogen-bond donors (Lipinski definition) is 1. The summed E-state index contributed by atoms with van der Waals surface area (Å²) in [6, 6.07) is 8.08. The lowest BCUT2D eigenvalue weighted by molar-refractivity contribution is -0.0000595. The highest BCUT2D eigenvalue weighted by atomic mass is 16.6. The van der Waals surface area contributed by atoms with Crippen molar-refractivity contribution in [1.29, 1.82) is 0 Å². The van der Waals surface area contributed by atoms with Crippen LogP contribution < -0.4 is 9.47 Å². The van der Waals surface area contributed by atoms with E-state index in [2.05, 4.69) is 40.7 Å². The van der Waals surface area contributed by atoms with Gasteiger partial charge in [0.05, 0.1) is 0 Å². The van der Waals surface area contributed by atoms with Crippen LogP contribution in [0.5, 0.6) is 11.5 Å². The first-order valence-corrected chi connectivity index (χ1v) is 11.4. The van der Waals surface area contributed by atoms with Crippen LogP contribution in [0.4, 0.5) is 0 Å². The molecule has 6 heteroatoms. The molecule has 3 heterocycles. The van der Waals surface area contributed by atoms with Crippen LogP contribution in [0.15, 0.2) is 18.2 Å². The number of benzene rings is 1. The quantitative estimate of drug-likeness (QED) is 0.786. The number of aliphatic hydroxyl groups is 1. The highest BCUT2D eigenvalue weighted by Crippen LogP contribution is 2.31. The molecule has 1 aromatic carbocycles. The summed E-state index contributed by atoms with van der Waals surface area (Å²) in [6.07, 6.45) is 3.37. The van der Waals surface area contributed by atoms with Gasteiger partial charge in [-0.3, -0.25) is 9.80 Å².